The topological polar surface area (TPSA) is 69.6 Å². The minimum absolute atomic E-state index is 0.538. The van der Waals surface area contributed by atoms with Gasteiger partial charge in [0, 0.05) is 11.4 Å². The second-order valence-corrected chi connectivity index (χ2v) is 6.90. The highest BCUT2D eigenvalue weighted by atomic mass is 79.9. The molecule has 5 nitrogen and oxygen atoms in total. The molecule has 0 aliphatic carbocycles. The van der Waals surface area contributed by atoms with Crippen LogP contribution in [0.4, 0.5) is 5.69 Å². The van der Waals surface area contributed by atoms with Gasteiger partial charge in [0.15, 0.2) is 0 Å². The first-order chi connectivity index (χ1) is 9.52. The first-order valence-corrected chi connectivity index (χ1v) is 7.57. The maximum Gasteiger partial charge on any atom is 0.251 e. The molecular weight excluding hydrogens is 338 g/mol. The molecule has 0 amide bonds. The Hall–Kier alpha value is -1.73. The van der Waals surface area contributed by atoms with E-state index in [9.17, 15) is 0 Å². The second kappa shape index (κ2) is 4.99. The van der Waals surface area contributed by atoms with Crippen LogP contribution in [0.15, 0.2) is 28.2 Å². The highest BCUT2D eigenvalue weighted by molar-refractivity contribution is 9.11. The van der Waals surface area contributed by atoms with E-state index in [1.165, 1.54) is 0 Å². The number of thiophene rings is 1. The predicted octanol–water partition coefficient (Wildman–Crippen LogP) is 3.35. The zero-order valence-corrected chi connectivity index (χ0v) is 13.4. The van der Waals surface area contributed by atoms with Gasteiger partial charge in [0.2, 0.25) is 0 Å². The van der Waals surface area contributed by atoms with E-state index in [1.54, 1.807) is 22.2 Å². The molecule has 3 aromatic heterocycles. The average molecular weight is 350 g/mol. The lowest BCUT2D eigenvalue weighted by Crippen LogP contribution is -2.04. The van der Waals surface area contributed by atoms with Crippen molar-refractivity contribution in [3.05, 3.63) is 39.6 Å². The molecule has 3 heterocycles. The fourth-order valence-corrected chi connectivity index (χ4v) is 3.33. The lowest BCUT2D eigenvalue weighted by molar-refractivity contribution is 0.797. The van der Waals surface area contributed by atoms with Gasteiger partial charge in [0.25, 0.3) is 5.95 Å². The van der Waals surface area contributed by atoms with Crippen LogP contribution in [0.5, 0.6) is 0 Å². The number of hydrogen-bond acceptors (Lipinski definition) is 5. The van der Waals surface area contributed by atoms with Crippen LogP contribution in [0.25, 0.3) is 16.5 Å². The largest absolute Gasteiger partial charge is 0.396 e. The van der Waals surface area contributed by atoms with E-state index >= 15 is 0 Å². The van der Waals surface area contributed by atoms with E-state index in [0.29, 0.717) is 11.6 Å². The number of halogens is 1. The van der Waals surface area contributed by atoms with Crippen molar-refractivity contribution < 1.29 is 0 Å². The van der Waals surface area contributed by atoms with Crippen LogP contribution in [-0.2, 0) is 0 Å². The van der Waals surface area contributed by atoms with Crippen LogP contribution in [0, 0.1) is 13.8 Å². The summed E-state index contributed by atoms with van der Waals surface area (Å²) in [7, 11) is 0. The van der Waals surface area contributed by atoms with Crippen molar-refractivity contribution in [2.45, 2.75) is 13.8 Å². The number of anilines is 1. The monoisotopic (exact) mass is 349 g/mol. The van der Waals surface area contributed by atoms with Crippen LogP contribution in [0.3, 0.4) is 0 Å². The van der Waals surface area contributed by atoms with E-state index < -0.39 is 0 Å². The zero-order chi connectivity index (χ0) is 14.3. The molecule has 0 spiro atoms. The number of nitrogens with two attached hydrogens (primary N) is 1. The molecule has 0 aromatic carbocycles. The van der Waals surface area contributed by atoms with Crippen molar-refractivity contribution >= 4 is 33.0 Å². The average Bonchev–Trinajstić information content (AvgIpc) is 2.94. The van der Waals surface area contributed by atoms with E-state index in [0.717, 1.165) is 25.7 Å². The number of nitrogens with zero attached hydrogens (tertiary/aromatic N) is 4. The summed E-state index contributed by atoms with van der Waals surface area (Å²) in [4.78, 5) is 9.78. The molecule has 20 heavy (non-hydrogen) atoms. The molecule has 3 aromatic rings. The van der Waals surface area contributed by atoms with Gasteiger partial charge in [-0.25, -0.2) is 14.6 Å². The van der Waals surface area contributed by atoms with Crippen molar-refractivity contribution in [2.75, 3.05) is 5.73 Å². The Morgan fingerprint density at radius 2 is 1.90 bits per heavy atom. The molecule has 0 atom stereocenters. The number of nitrogen functional groups attached to an aromatic ring is 1. The summed E-state index contributed by atoms with van der Waals surface area (Å²) in [6.45, 7) is 3.87. The fourth-order valence-electron chi connectivity index (χ4n) is 1.93. The van der Waals surface area contributed by atoms with Gasteiger partial charge in [-0.15, -0.1) is 11.3 Å². The lowest BCUT2D eigenvalue weighted by Gasteiger charge is -2.02. The molecule has 7 heteroatoms. The van der Waals surface area contributed by atoms with Crippen molar-refractivity contribution in [3.63, 3.8) is 0 Å². The Kier molecular flexibility index (Phi) is 3.31. The summed E-state index contributed by atoms with van der Waals surface area (Å²) >= 11 is 5.03. The van der Waals surface area contributed by atoms with Crippen LogP contribution in [0.1, 0.15) is 11.4 Å². The minimum atomic E-state index is 0.538. The van der Waals surface area contributed by atoms with Gasteiger partial charge in [-0.3, -0.25) is 0 Å². The van der Waals surface area contributed by atoms with Crippen LogP contribution in [0.2, 0.25) is 0 Å². The maximum atomic E-state index is 6.05. The summed E-state index contributed by atoms with van der Waals surface area (Å²) in [6.07, 6.45) is 1.75. The van der Waals surface area contributed by atoms with Crippen molar-refractivity contribution in [1.29, 1.82) is 0 Å². The van der Waals surface area contributed by atoms with E-state index in [4.69, 9.17) is 5.73 Å². The summed E-state index contributed by atoms with van der Waals surface area (Å²) in [5.41, 5.74) is 9.22. The highest BCUT2D eigenvalue weighted by Crippen LogP contribution is 2.33. The third-order valence-corrected chi connectivity index (χ3v) is 4.35. The minimum Gasteiger partial charge on any atom is -0.396 e. The zero-order valence-electron chi connectivity index (χ0n) is 11.0. The normalized spacial score (nSPS) is 10.9. The van der Waals surface area contributed by atoms with Gasteiger partial charge in [-0.05, 0) is 48.0 Å². The van der Waals surface area contributed by atoms with Gasteiger partial charge in [-0.1, -0.05) is 0 Å². The summed E-state index contributed by atoms with van der Waals surface area (Å²) in [5, 5.41) is 4.50. The van der Waals surface area contributed by atoms with Crippen molar-refractivity contribution in [2.24, 2.45) is 0 Å². The summed E-state index contributed by atoms with van der Waals surface area (Å²) < 4.78 is 2.67. The Balaban J connectivity index is 2.08. The van der Waals surface area contributed by atoms with Gasteiger partial charge < -0.3 is 5.73 Å². The van der Waals surface area contributed by atoms with E-state index in [1.807, 2.05) is 32.0 Å². The van der Waals surface area contributed by atoms with E-state index in [2.05, 4.69) is 31.0 Å². The third kappa shape index (κ3) is 2.46. The van der Waals surface area contributed by atoms with Crippen LogP contribution >= 0.6 is 27.3 Å². The Morgan fingerprint density at radius 3 is 2.50 bits per heavy atom. The first-order valence-electron chi connectivity index (χ1n) is 5.96. The van der Waals surface area contributed by atoms with Crippen LogP contribution < -0.4 is 5.73 Å². The molecule has 0 unspecified atom stereocenters. The third-order valence-electron chi connectivity index (χ3n) is 2.72. The standard InChI is InChI=1S/C13H12BrN5S/c1-7-5-8(2)17-13(16-7)19-6-9(15)12(18-19)10-3-4-11(14)20-10/h3-6H,15H2,1-2H3. The van der Waals surface area contributed by atoms with Gasteiger partial charge in [0.1, 0.15) is 5.69 Å². The Labute approximate surface area is 128 Å². The highest BCUT2D eigenvalue weighted by Gasteiger charge is 2.13. The maximum absolute atomic E-state index is 6.05. The molecule has 0 saturated heterocycles. The first kappa shape index (κ1) is 13.3. The van der Waals surface area contributed by atoms with Gasteiger partial charge in [-0.2, -0.15) is 5.10 Å². The SMILES string of the molecule is Cc1cc(C)nc(-n2cc(N)c(-c3ccc(Br)s3)n2)n1. The fraction of sp³-hybridized carbons (Fsp3) is 0.154. The number of aryl methyl sites for hydroxylation is 2. The van der Waals surface area contributed by atoms with Gasteiger partial charge in [0.05, 0.1) is 20.5 Å². The number of hydrogen-bond donors (Lipinski definition) is 1. The molecule has 0 fully saturated rings. The Bertz CT molecular complexity index is 757. The smallest absolute Gasteiger partial charge is 0.251 e. The van der Waals surface area contributed by atoms with E-state index in [-0.39, 0.29) is 0 Å². The predicted molar refractivity (Wildman–Crippen MR) is 84.1 cm³/mol. The second-order valence-electron chi connectivity index (χ2n) is 4.43. The van der Waals surface area contributed by atoms with Gasteiger partial charge >= 0.3 is 0 Å². The Morgan fingerprint density at radius 1 is 1.20 bits per heavy atom. The molecule has 0 saturated carbocycles. The molecular formula is C13H12BrN5S. The molecule has 3 rings (SSSR count). The van der Waals surface area contributed by atoms with Crippen molar-refractivity contribution in [1.82, 2.24) is 19.7 Å². The molecule has 0 aliphatic heterocycles. The quantitative estimate of drug-likeness (QED) is 0.770. The number of aromatic nitrogens is 4. The molecule has 0 aliphatic rings. The summed E-state index contributed by atoms with van der Waals surface area (Å²) in [6, 6.07) is 5.89. The lowest BCUT2D eigenvalue weighted by atomic mass is 10.3. The van der Waals surface area contributed by atoms with Crippen LogP contribution in [-0.4, -0.2) is 19.7 Å². The molecule has 102 valence electrons. The molecule has 0 bridgehead atoms. The molecule has 0 radical (unpaired) electrons. The molecule has 2 N–H and O–H groups in total. The summed E-state index contributed by atoms with van der Waals surface area (Å²) in [5.74, 6) is 0.538. The van der Waals surface area contributed by atoms with Crippen molar-refractivity contribution in [3.8, 4) is 16.5 Å². The number of rotatable bonds is 2.